The molecule has 1 aromatic rings. The van der Waals surface area contributed by atoms with Gasteiger partial charge in [0, 0.05) is 13.1 Å². The summed E-state index contributed by atoms with van der Waals surface area (Å²) < 4.78 is 32.2. The van der Waals surface area contributed by atoms with Gasteiger partial charge in [-0.25, -0.2) is 8.78 Å². The Kier molecular flexibility index (Phi) is 4.06. The zero-order chi connectivity index (χ0) is 15.7. The van der Waals surface area contributed by atoms with Gasteiger partial charge in [-0.05, 0) is 18.6 Å². The summed E-state index contributed by atoms with van der Waals surface area (Å²) in [6.07, 6.45) is 0.415. The largest absolute Gasteiger partial charge is 0.378 e. The molecule has 0 bridgehead atoms. The van der Waals surface area contributed by atoms with Crippen LogP contribution in [0, 0.1) is 23.5 Å². The molecule has 2 atom stereocenters. The number of carbonyl (C=O) groups is 2. The maximum atomic E-state index is 13.5. The first kappa shape index (κ1) is 14.9. The van der Waals surface area contributed by atoms with Gasteiger partial charge in [0.15, 0.2) is 0 Å². The SMILES string of the molecule is O=C(Nc1c(F)cccc1F)C1CC1C(=O)N1CCOCC1. The summed E-state index contributed by atoms with van der Waals surface area (Å²) in [6, 6.07) is 3.37. The molecule has 1 saturated heterocycles. The molecule has 0 spiro atoms. The summed E-state index contributed by atoms with van der Waals surface area (Å²) in [5.41, 5.74) is -0.461. The highest BCUT2D eigenvalue weighted by Crippen LogP contribution is 2.41. The first-order chi connectivity index (χ1) is 10.6. The van der Waals surface area contributed by atoms with Crippen molar-refractivity contribution >= 4 is 17.5 Å². The van der Waals surface area contributed by atoms with Crippen molar-refractivity contribution in [2.75, 3.05) is 31.6 Å². The second-order valence-corrected chi connectivity index (χ2v) is 5.47. The van der Waals surface area contributed by atoms with Crippen LogP contribution in [0.15, 0.2) is 18.2 Å². The van der Waals surface area contributed by atoms with E-state index in [-0.39, 0.29) is 5.91 Å². The van der Waals surface area contributed by atoms with Crippen LogP contribution in [0.1, 0.15) is 6.42 Å². The number of para-hydroxylation sites is 1. The van der Waals surface area contributed by atoms with E-state index in [1.54, 1.807) is 4.90 Å². The summed E-state index contributed by atoms with van der Waals surface area (Å²) in [6.45, 7) is 2.03. The summed E-state index contributed by atoms with van der Waals surface area (Å²) >= 11 is 0. The highest BCUT2D eigenvalue weighted by atomic mass is 19.1. The Morgan fingerprint density at radius 1 is 1.14 bits per heavy atom. The Morgan fingerprint density at radius 2 is 1.77 bits per heavy atom. The first-order valence-electron chi connectivity index (χ1n) is 7.19. The Balaban J connectivity index is 1.60. The van der Waals surface area contributed by atoms with Crippen molar-refractivity contribution in [2.24, 2.45) is 11.8 Å². The zero-order valence-corrected chi connectivity index (χ0v) is 11.9. The van der Waals surface area contributed by atoms with Crippen molar-refractivity contribution in [3.8, 4) is 0 Å². The van der Waals surface area contributed by atoms with E-state index < -0.39 is 35.1 Å². The molecule has 2 amide bonds. The van der Waals surface area contributed by atoms with Gasteiger partial charge in [0.25, 0.3) is 0 Å². The molecule has 0 radical (unpaired) electrons. The lowest BCUT2D eigenvalue weighted by Gasteiger charge is -2.27. The third-order valence-corrected chi connectivity index (χ3v) is 3.98. The van der Waals surface area contributed by atoms with Crippen LogP contribution in [-0.4, -0.2) is 43.0 Å². The number of halogens is 2. The van der Waals surface area contributed by atoms with Crippen molar-refractivity contribution in [2.45, 2.75) is 6.42 Å². The average molecular weight is 310 g/mol. The Labute approximate surface area is 126 Å². The number of hydrogen-bond donors (Lipinski definition) is 1. The average Bonchev–Trinajstić information content (AvgIpc) is 3.32. The molecule has 1 aliphatic heterocycles. The molecule has 22 heavy (non-hydrogen) atoms. The molecule has 7 heteroatoms. The second kappa shape index (κ2) is 6.00. The van der Waals surface area contributed by atoms with Gasteiger partial charge < -0.3 is 15.0 Å². The van der Waals surface area contributed by atoms with Crippen molar-refractivity contribution in [1.29, 1.82) is 0 Å². The quantitative estimate of drug-likeness (QED) is 0.918. The molecule has 2 unspecified atom stereocenters. The smallest absolute Gasteiger partial charge is 0.228 e. The minimum absolute atomic E-state index is 0.0857. The van der Waals surface area contributed by atoms with Crippen molar-refractivity contribution in [1.82, 2.24) is 4.90 Å². The van der Waals surface area contributed by atoms with Crippen LogP contribution in [0.5, 0.6) is 0 Å². The van der Waals surface area contributed by atoms with Gasteiger partial charge >= 0.3 is 0 Å². The van der Waals surface area contributed by atoms with Crippen molar-refractivity contribution < 1.29 is 23.1 Å². The topological polar surface area (TPSA) is 58.6 Å². The van der Waals surface area contributed by atoms with Crippen molar-refractivity contribution in [3.63, 3.8) is 0 Å². The van der Waals surface area contributed by atoms with E-state index in [1.165, 1.54) is 6.07 Å². The minimum atomic E-state index is -0.829. The third-order valence-electron chi connectivity index (χ3n) is 3.98. The van der Waals surface area contributed by atoms with E-state index in [4.69, 9.17) is 4.74 Å². The van der Waals surface area contributed by atoms with E-state index in [2.05, 4.69) is 5.32 Å². The molecular formula is C15H16F2N2O3. The molecular weight excluding hydrogens is 294 g/mol. The number of morpholine rings is 1. The summed E-state index contributed by atoms with van der Waals surface area (Å²) in [5.74, 6) is -3.18. The number of ether oxygens (including phenoxy) is 1. The van der Waals surface area contributed by atoms with Gasteiger partial charge in [0.2, 0.25) is 11.8 Å². The number of nitrogens with zero attached hydrogens (tertiary/aromatic N) is 1. The molecule has 2 aliphatic rings. The monoisotopic (exact) mass is 310 g/mol. The summed E-state index contributed by atoms with van der Waals surface area (Å²) in [5, 5.41) is 2.24. The van der Waals surface area contributed by atoms with Crippen LogP contribution in [0.3, 0.4) is 0 Å². The molecule has 2 fully saturated rings. The lowest BCUT2D eigenvalue weighted by Crippen LogP contribution is -2.42. The molecule has 3 rings (SSSR count). The maximum Gasteiger partial charge on any atom is 0.228 e. The van der Waals surface area contributed by atoms with Gasteiger partial charge in [0.1, 0.15) is 17.3 Å². The molecule has 1 aliphatic carbocycles. The lowest BCUT2D eigenvalue weighted by molar-refractivity contribution is -0.137. The van der Waals surface area contributed by atoms with E-state index in [1.807, 2.05) is 0 Å². The fraction of sp³-hybridized carbons (Fsp3) is 0.467. The zero-order valence-electron chi connectivity index (χ0n) is 11.9. The Bertz CT molecular complexity index is 582. The fourth-order valence-corrected chi connectivity index (χ4v) is 2.61. The predicted octanol–water partition coefficient (Wildman–Crippen LogP) is 1.40. The minimum Gasteiger partial charge on any atom is -0.378 e. The van der Waals surface area contributed by atoms with Crippen LogP contribution in [0.4, 0.5) is 14.5 Å². The normalized spacial score (nSPS) is 24.0. The summed E-state index contributed by atoms with van der Waals surface area (Å²) in [4.78, 5) is 25.9. The Morgan fingerprint density at radius 3 is 2.41 bits per heavy atom. The number of rotatable bonds is 3. The molecule has 0 aromatic heterocycles. The fourth-order valence-electron chi connectivity index (χ4n) is 2.61. The van der Waals surface area contributed by atoms with Gasteiger partial charge in [0.05, 0.1) is 25.0 Å². The van der Waals surface area contributed by atoms with Gasteiger partial charge in [-0.2, -0.15) is 0 Å². The molecule has 5 nitrogen and oxygen atoms in total. The number of hydrogen-bond acceptors (Lipinski definition) is 3. The van der Waals surface area contributed by atoms with Gasteiger partial charge in [-0.3, -0.25) is 9.59 Å². The predicted molar refractivity (Wildman–Crippen MR) is 74.0 cm³/mol. The van der Waals surface area contributed by atoms with Gasteiger partial charge in [-0.15, -0.1) is 0 Å². The Hall–Kier alpha value is -2.02. The number of nitrogens with one attached hydrogen (secondary N) is 1. The summed E-state index contributed by atoms with van der Waals surface area (Å²) in [7, 11) is 0. The van der Waals surface area contributed by atoms with Gasteiger partial charge in [-0.1, -0.05) is 6.07 Å². The maximum absolute atomic E-state index is 13.5. The highest BCUT2D eigenvalue weighted by molar-refractivity contribution is 5.99. The van der Waals surface area contributed by atoms with Crippen molar-refractivity contribution in [3.05, 3.63) is 29.8 Å². The van der Waals surface area contributed by atoms with Crippen LogP contribution in [-0.2, 0) is 14.3 Å². The lowest BCUT2D eigenvalue weighted by atomic mass is 10.2. The van der Waals surface area contributed by atoms with Crippen LogP contribution >= 0.6 is 0 Å². The molecule has 1 aromatic carbocycles. The van der Waals surface area contributed by atoms with E-state index in [0.29, 0.717) is 32.7 Å². The van der Waals surface area contributed by atoms with Crippen LogP contribution in [0.2, 0.25) is 0 Å². The van der Waals surface area contributed by atoms with Crippen LogP contribution in [0.25, 0.3) is 0 Å². The standard InChI is InChI=1S/C15H16F2N2O3/c16-11-2-1-3-12(17)13(11)18-14(20)9-8-10(9)15(21)19-4-6-22-7-5-19/h1-3,9-10H,4-8H2,(H,18,20). The number of benzene rings is 1. The molecule has 1 saturated carbocycles. The highest BCUT2D eigenvalue weighted by Gasteiger charge is 2.49. The molecule has 1 heterocycles. The first-order valence-corrected chi connectivity index (χ1v) is 7.19. The number of anilines is 1. The second-order valence-electron chi connectivity index (χ2n) is 5.47. The van der Waals surface area contributed by atoms with E-state index in [0.717, 1.165) is 12.1 Å². The third kappa shape index (κ3) is 2.94. The molecule has 1 N–H and O–H groups in total. The van der Waals surface area contributed by atoms with Crippen LogP contribution < -0.4 is 5.32 Å². The molecule has 118 valence electrons. The number of amides is 2. The number of carbonyl (C=O) groups excluding carboxylic acids is 2. The van der Waals surface area contributed by atoms with E-state index >= 15 is 0 Å². The van der Waals surface area contributed by atoms with E-state index in [9.17, 15) is 18.4 Å².